The second-order valence-electron chi connectivity index (χ2n) is 4.60. The smallest absolute Gasteiger partial charge is 0.0762 e. The summed E-state index contributed by atoms with van der Waals surface area (Å²) in [4.78, 5) is 1.37. The number of rotatable bonds is 1. The Balaban J connectivity index is 2.48. The first-order valence-corrected chi connectivity index (χ1v) is 5.94. The van der Waals surface area contributed by atoms with Gasteiger partial charge in [-0.2, -0.15) is 0 Å². The molecule has 2 rings (SSSR count). The number of hydrogen-bond donors (Lipinski definition) is 1. The average Bonchev–Trinajstić information content (AvgIpc) is 2.42. The second-order valence-corrected chi connectivity index (χ2v) is 5.62. The Kier molecular flexibility index (Phi) is 2.36. The zero-order valence-corrected chi connectivity index (χ0v) is 9.69. The maximum atomic E-state index is 9.52. The molecule has 1 aliphatic rings. The van der Waals surface area contributed by atoms with Crippen molar-refractivity contribution in [2.24, 2.45) is 0 Å². The Bertz CT molecular complexity index is 355. The largest absolute Gasteiger partial charge is 0.389 e. The van der Waals surface area contributed by atoms with Gasteiger partial charge in [0.1, 0.15) is 0 Å². The van der Waals surface area contributed by atoms with Gasteiger partial charge < -0.3 is 5.11 Å². The molecule has 1 N–H and O–H groups in total. The predicted octanol–water partition coefficient (Wildman–Crippen LogP) is 3.12. The van der Waals surface area contributed by atoms with Gasteiger partial charge >= 0.3 is 0 Å². The van der Waals surface area contributed by atoms with Crippen molar-refractivity contribution in [2.75, 3.05) is 5.75 Å². The van der Waals surface area contributed by atoms with E-state index in [1.165, 1.54) is 10.5 Å². The summed E-state index contributed by atoms with van der Waals surface area (Å²) in [5.41, 5.74) is 2.67. The molecule has 1 heterocycles. The van der Waals surface area contributed by atoms with Crippen LogP contribution in [0.25, 0.3) is 0 Å². The van der Waals surface area contributed by atoms with Crippen LogP contribution < -0.4 is 0 Å². The van der Waals surface area contributed by atoms with E-state index >= 15 is 0 Å². The van der Waals surface area contributed by atoms with Crippen LogP contribution in [0, 0.1) is 0 Å². The summed E-state index contributed by atoms with van der Waals surface area (Å²) in [6.45, 7) is 6.34. The highest BCUT2D eigenvalue weighted by Gasteiger charge is 2.30. The fraction of sp³-hybridized carbons (Fsp3) is 0.500. The standard InChI is InChI=1S/C12H16OS/c1-8(13)9-4-5-11-10(6-9)12(2,3)7-14-11/h4-6,8,13H,7H2,1-3H3. The molecule has 1 unspecified atom stereocenters. The molecule has 0 saturated carbocycles. The summed E-state index contributed by atoms with van der Waals surface area (Å²) in [6, 6.07) is 6.31. The average molecular weight is 208 g/mol. The predicted molar refractivity (Wildman–Crippen MR) is 60.8 cm³/mol. The minimum Gasteiger partial charge on any atom is -0.389 e. The molecule has 76 valence electrons. The van der Waals surface area contributed by atoms with E-state index in [1.54, 1.807) is 0 Å². The topological polar surface area (TPSA) is 20.2 Å². The van der Waals surface area contributed by atoms with Crippen molar-refractivity contribution >= 4 is 11.8 Å². The first-order chi connectivity index (χ1) is 6.50. The summed E-state index contributed by atoms with van der Waals surface area (Å²) in [5.74, 6) is 1.14. The Hall–Kier alpha value is -0.470. The fourth-order valence-corrected chi connectivity index (χ4v) is 3.12. The number of benzene rings is 1. The third-order valence-corrected chi connectivity index (χ3v) is 4.34. The lowest BCUT2D eigenvalue weighted by Crippen LogP contribution is -2.16. The highest BCUT2D eigenvalue weighted by Crippen LogP contribution is 2.44. The molecule has 1 atom stereocenters. The Morgan fingerprint density at radius 3 is 2.79 bits per heavy atom. The zero-order valence-electron chi connectivity index (χ0n) is 8.87. The van der Waals surface area contributed by atoms with Crippen LogP contribution in [0.15, 0.2) is 23.1 Å². The molecule has 2 heteroatoms. The maximum Gasteiger partial charge on any atom is 0.0762 e. The van der Waals surface area contributed by atoms with Crippen molar-refractivity contribution in [3.8, 4) is 0 Å². The van der Waals surface area contributed by atoms with Crippen LogP contribution in [0.1, 0.15) is 38.0 Å². The highest BCUT2D eigenvalue weighted by molar-refractivity contribution is 7.99. The van der Waals surface area contributed by atoms with Crippen molar-refractivity contribution in [2.45, 2.75) is 37.2 Å². The van der Waals surface area contributed by atoms with E-state index in [0.717, 1.165) is 11.3 Å². The van der Waals surface area contributed by atoms with E-state index < -0.39 is 0 Å². The molecule has 1 aromatic carbocycles. The van der Waals surface area contributed by atoms with Crippen LogP contribution in [-0.2, 0) is 5.41 Å². The minimum absolute atomic E-state index is 0.255. The van der Waals surface area contributed by atoms with Gasteiger partial charge in [-0.05, 0) is 24.1 Å². The Morgan fingerprint density at radius 1 is 1.43 bits per heavy atom. The van der Waals surface area contributed by atoms with Crippen molar-refractivity contribution in [3.63, 3.8) is 0 Å². The van der Waals surface area contributed by atoms with E-state index in [2.05, 4.69) is 26.0 Å². The lowest BCUT2D eigenvalue weighted by atomic mass is 9.86. The molecule has 0 spiro atoms. The van der Waals surface area contributed by atoms with Crippen LogP contribution in [0.4, 0.5) is 0 Å². The number of hydrogen-bond acceptors (Lipinski definition) is 2. The van der Waals surface area contributed by atoms with E-state index in [-0.39, 0.29) is 11.5 Å². The highest BCUT2D eigenvalue weighted by atomic mass is 32.2. The van der Waals surface area contributed by atoms with E-state index in [0.29, 0.717) is 0 Å². The number of aliphatic hydroxyl groups is 1. The van der Waals surface area contributed by atoms with Crippen molar-refractivity contribution in [3.05, 3.63) is 29.3 Å². The van der Waals surface area contributed by atoms with Gasteiger partial charge in [-0.15, -0.1) is 11.8 Å². The summed E-state index contributed by atoms with van der Waals surface area (Å²) in [6.07, 6.45) is -0.360. The van der Waals surface area contributed by atoms with Crippen molar-refractivity contribution < 1.29 is 5.11 Å². The summed E-state index contributed by atoms with van der Waals surface area (Å²) < 4.78 is 0. The first-order valence-electron chi connectivity index (χ1n) is 4.96. The third-order valence-electron chi connectivity index (χ3n) is 2.80. The normalized spacial score (nSPS) is 20.6. The minimum atomic E-state index is -0.360. The lowest BCUT2D eigenvalue weighted by molar-refractivity contribution is 0.199. The Labute approximate surface area is 89.5 Å². The molecule has 0 aliphatic carbocycles. The van der Waals surface area contributed by atoms with Gasteiger partial charge in [0.2, 0.25) is 0 Å². The second kappa shape index (κ2) is 3.28. The van der Waals surface area contributed by atoms with Crippen LogP contribution in [0.3, 0.4) is 0 Å². The van der Waals surface area contributed by atoms with Gasteiger partial charge in [-0.25, -0.2) is 0 Å². The molecule has 1 aromatic rings. The summed E-state index contributed by atoms with van der Waals surface area (Å²) in [7, 11) is 0. The van der Waals surface area contributed by atoms with Gasteiger partial charge in [0, 0.05) is 16.1 Å². The van der Waals surface area contributed by atoms with Crippen molar-refractivity contribution in [1.29, 1.82) is 0 Å². The summed E-state index contributed by atoms with van der Waals surface area (Å²) >= 11 is 1.91. The molecule has 0 aromatic heterocycles. The van der Waals surface area contributed by atoms with Gasteiger partial charge in [0.25, 0.3) is 0 Å². The van der Waals surface area contributed by atoms with Gasteiger partial charge in [-0.1, -0.05) is 26.0 Å². The molecular formula is C12H16OS. The molecule has 14 heavy (non-hydrogen) atoms. The summed E-state index contributed by atoms with van der Waals surface area (Å²) in [5, 5.41) is 9.52. The molecule has 0 bridgehead atoms. The molecule has 1 aliphatic heterocycles. The van der Waals surface area contributed by atoms with Crippen LogP contribution in [0.5, 0.6) is 0 Å². The van der Waals surface area contributed by atoms with Gasteiger partial charge in [0.15, 0.2) is 0 Å². The third kappa shape index (κ3) is 1.57. The van der Waals surface area contributed by atoms with Crippen LogP contribution >= 0.6 is 11.8 Å². The van der Waals surface area contributed by atoms with Crippen molar-refractivity contribution in [1.82, 2.24) is 0 Å². The molecular weight excluding hydrogens is 192 g/mol. The molecule has 0 saturated heterocycles. The number of fused-ring (bicyclic) bond motifs is 1. The monoisotopic (exact) mass is 208 g/mol. The fourth-order valence-electron chi connectivity index (χ4n) is 1.80. The number of thioether (sulfide) groups is 1. The first kappa shape index (κ1) is 10.1. The SMILES string of the molecule is CC(O)c1ccc2c(c1)C(C)(C)CS2. The zero-order chi connectivity index (χ0) is 10.3. The quantitative estimate of drug-likeness (QED) is 0.765. The van der Waals surface area contributed by atoms with E-state index in [1.807, 2.05) is 24.8 Å². The van der Waals surface area contributed by atoms with Crippen LogP contribution in [0.2, 0.25) is 0 Å². The van der Waals surface area contributed by atoms with E-state index in [9.17, 15) is 5.11 Å². The molecule has 1 nitrogen and oxygen atoms in total. The number of aliphatic hydroxyl groups excluding tert-OH is 1. The van der Waals surface area contributed by atoms with Gasteiger partial charge in [-0.3, -0.25) is 0 Å². The van der Waals surface area contributed by atoms with Crippen LogP contribution in [-0.4, -0.2) is 10.9 Å². The van der Waals surface area contributed by atoms with Gasteiger partial charge in [0.05, 0.1) is 6.10 Å². The molecule has 0 fully saturated rings. The maximum absolute atomic E-state index is 9.52. The Morgan fingerprint density at radius 2 is 2.14 bits per heavy atom. The van der Waals surface area contributed by atoms with E-state index in [4.69, 9.17) is 0 Å². The lowest BCUT2D eigenvalue weighted by Gasteiger charge is -2.18. The molecule has 0 radical (unpaired) electrons. The molecule has 0 amide bonds.